The molecule has 3 aromatic rings. The van der Waals surface area contributed by atoms with Crippen LogP contribution in [0.1, 0.15) is 16.9 Å². The molecular weight excluding hydrogens is 372 g/mol. The first-order chi connectivity index (χ1) is 14.1. The van der Waals surface area contributed by atoms with E-state index in [9.17, 15) is 4.79 Å². The van der Waals surface area contributed by atoms with E-state index in [2.05, 4.69) is 4.98 Å². The summed E-state index contributed by atoms with van der Waals surface area (Å²) in [6, 6.07) is 13.1. The molecule has 2 aromatic carbocycles. The van der Waals surface area contributed by atoms with E-state index in [0.29, 0.717) is 41.6 Å². The average Bonchev–Trinajstić information content (AvgIpc) is 3.20. The van der Waals surface area contributed by atoms with Gasteiger partial charge < -0.3 is 28.8 Å². The largest absolute Gasteiger partial charge is 0.496 e. The number of rotatable bonds is 9. The van der Waals surface area contributed by atoms with Crippen LogP contribution in [0.2, 0.25) is 0 Å². The van der Waals surface area contributed by atoms with Crippen LogP contribution in [0.4, 0.5) is 0 Å². The molecule has 154 valence electrons. The van der Waals surface area contributed by atoms with Crippen LogP contribution in [0.15, 0.2) is 42.5 Å². The molecule has 0 aliphatic heterocycles. The Balaban J connectivity index is 1.71. The number of amides is 1. The predicted octanol–water partition coefficient (Wildman–Crippen LogP) is 3.73. The molecule has 29 heavy (non-hydrogen) atoms. The molecule has 1 heterocycles. The fraction of sp³-hybridized carbons (Fsp3) is 0.318. The van der Waals surface area contributed by atoms with Crippen LogP contribution < -0.4 is 18.9 Å². The molecule has 7 nitrogen and oxygen atoms in total. The maximum atomic E-state index is 12.9. The zero-order chi connectivity index (χ0) is 20.8. The van der Waals surface area contributed by atoms with Crippen molar-refractivity contribution in [3.8, 4) is 23.0 Å². The van der Waals surface area contributed by atoms with Crippen molar-refractivity contribution in [1.82, 2.24) is 9.88 Å². The predicted molar refractivity (Wildman–Crippen MR) is 111 cm³/mol. The minimum atomic E-state index is -0.121. The van der Waals surface area contributed by atoms with Crippen molar-refractivity contribution < 1.29 is 23.7 Å². The Morgan fingerprint density at radius 1 is 1.00 bits per heavy atom. The van der Waals surface area contributed by atoms with Gasteiger partial charge in [0, 0.05) is 25.0 Å². The third-order valence-corrected chi connectivity index (χ3v) is 4.67. The quantitative estimate of drug-likeness (QED) is 0.556. The second-order valence-corrected chi connectivity index (χ2v) is 6.53. The fourth-order valence-corrected chi connectivity index (χ4v) is 3.17. The molecule has 0 bridgehead atoms. The second kappa shape index (κ2) is 9.23. The SMILES string of the molecule is COc1cc(OC)c2cc(C(=O)N(C)CCCOc3ccccc3)[nH]c2c1OC. The Morgan fingerprint density at radius 3 is 2.38 bits per heavy atom. The first kappa shape index (κ1) is 20.4. The molecule has 1 N–H and O–H groups in total. The molecule has 0 fully saturated rings. The Morgan fingerprint density at radius 2 is 1.72 bits per heavy atom. The summed E-state index contributed by atoms with van der Waals surface area (Å²) in [5, 5.41) is 0.759. The topological polar surface area (TPSA) is 73.0 Å². The number of nitrogens with zero attached hydrogens (tertiary/aromatic N) is 1. The van der Waals surface area contributed by atoms with Crippen LogP contribution in [0.5, 0.6) is 23.0 Å². The van der Waals surface area contributed by atoms with Gasteiger partial charge in [-0.2, -0.15) is 0 Å². The number of hydrogen-bond donors (Lipinski definition) is 1. The molecule has 0 aliphatic carbocycles. The average molecular weight is 398 g/mol. The molecule has 1 aromatic heterocycles. The van der Waals surface area contributed by atoms with E-state index in [1.807, 2.05) is 30.3 Å². The van der Waals surface area contributed by atoms with Gasteiger partial charge >= 0.3 is 0 Å². The summed E-state index contributed by atoms with van der Waals surface area (Å²) in [7, 11) is 6.47. The standard InChI is InChI=1S/C22H26N2O5/c1-24(11-8-12-29-15-9-6-5-7-10-15)22(25)17-13-16-18(26-2)14-19(27-3)21(28-4)20(16)23-17/h5-7,9-10,13-14,23H,8,11-12H2,1-4H3. The molecule has 0 aliphatic rings. The van der Waals surface area contributed by atoms with Gasteiger partial charge in [0.05, 0.1) is 33.5 Å². The van der Waals surface area contributed by atoms with Gasteiger partial charge in [0.25, 0.3) is 5.91 Å². The summed E-state index contributed by atoms with van der Waals surface area (Å²) in [6.45, 7) is 1.10. The van der Waals surface area contributed by atoms with Crippen molar-refractivity contribution in [3.63, 3.8) is 0 Å². The molecular formula is C22H26N2O5. The molecule has 3 rings (SSSR count). The number of carbonyl (C=O) groups excluding carboxylic acids is 1. The summed E-state index contributed by atoms with van der Waals surface area (Å²) in [5.41, 5.74) is 1.11. The number of fused-ring (bicyclic) bond motifs is 1. The summed E-state index contributed by atoms with van der Waals surface area (Å²) < 4.78 is 22.0. The van der Waals surface area contributed by atoms with Crippen LogP contribution in [-0.4, -0.2) is 57.3 Å². The van der Waals surface area contributed by atoms with Crippen LogP contribution in [0.25, 0.3) is 10.9 Å². The normalized spacial score (nSPS) is 10.6. The van der Waals surface area contributed by atoms with E-state index in [-0.39, 0.29) is 5.91 Å². The molecule has 0 saturated heterocycles. The highest BCUT2D eigenvalue weighted by molar-refractivity contribution is 6.02. The Labute approximate surface area is 170 Å². The maximum Gasteiger partial charge on any atom is 0.270 e. The highest BCUT2D eigenvalue weighted by Crippen LogP contribution is 2.41. The lowest BCUT2D eigenvalue weighted by Crippen LogP contribution is -2.28. The van der Waals surface area contributed by atoms with E-state index in [4.69, 9.17) is 18.9 Å². The molecule has 0 atom stereocenters. The highest BCUT2D eigenvalue weighted by Gasteiger charge is 2.21. The van der Waals surface area contributed by atoms with Crippen molar-refractivity contribution in [2.45, 2.75) is 6.42 Å². The number of benzene rings is 2. The lowest BCUT2D eigenvalue weighted by Gasteiger charge is -2.16. The molecule has 1 amide bonds. The minimum Gasteiger partial charge on any atom is -0.496 e. The van der Waals surface area contributed by atoms with Gasteiger partial charge in [-0.25, -0.2) is 0 Å². The Hall–Kier alpha value is -3.35. The van der Waals surface area contributed by atoms with Gasteiger partial charge in [-0.3, -0.25) is 4.79 Å². The van der Waals surface area contributed by atoms with Gasteiger partial charge in [0.15, 0.2) is 11.5 Å². The third-order valence-electron chi connectivity index (χ3n) is 4.67. The Kier molecular flexibility index (Phi) is 6.49. The number of ether oxygens (including phenoxy) is 4. The van der Waals surface area contributed by atoms with Gasteiger partial charge in [-0.1, -0.05) is 18.2 Å². The number of hydrogen-bond acceptors (Lipinski definition) is 5. The highest BCUT2D eigenvalue weighted by atomic mass is 16.5. The van der Waals surface area contributed by atoms with Crippen molar-refractivity contribution in [2.75, 3.05) is 41.5 Å². The van der Waals surface area contributed by atoms with Crippen LogP contribution in [0, 0.1) is 0 Å². The van der Waals surface area contributed by atoms with Crippen molar-refractivity contribution in [2.24, 2.45) is 0 Å². The van der Waals surface area contributed by atoms with Crippen LogP contribution in [0.3, 0.4) is 0 Å². The summed E-state index contributed by atoms with van der Waals surface area (Å²) in [4.78, 5) is 17.7. The lowest BCUT2D eigenvalue weighted by atomic mass is 10.2. The number of carbonyl (C=O) groups is 1. The summed E-state index contributed by atoms with van der Waals surface area (Å²) in [5.74, 6) is 2.37. The second-order valence-electron chi connectivity index (χ2n) is 6.53. The molecule has 7 heteroatoms. The number of methoxy groups -OCH3 is 3. The lowest BCUT2D eigenvalue weighted by molar-refractivity contribution is 0.0783. The molecule has 0 radical (unpaired) electrons. The first-order valence-corrected chi connectivity index (χ1v) is 9.34. The molecule has 0 spiro atoms. The van der Waals surface area contributed by atoms with Crippen molar-refractivity contribution >= 4 is 16.8 Å². The van der Waals surface area contributed by atoms with Crippen molar-refractivity contribution in [1.29, 1.82) is 0 Å². The van der Waals surface area contributed by atoms with Gasteiger partial charge in [-0.05, 0) is 24.6 Å². The fourth-order valence-electron chi connectivity index (χ4n) is 3.17. The van der Waals surface area contributed by atoms with E-state index >= 15 is 0 Å². The molecule has 0 saturated carbocycles. The minimum absolute atomic E-state index is 0.121. The zero-order valence-electron chi connectivity index (χ0n) is 17.2. The number of aromatic amines is 1. The maximum absolute atomic E-state index is 12.9. The smallest absolute Gasteiger partial charge is 0.270 e. The van der Waals surface area contributed by atoms with E-state index in [1.54, 1.807) is 45.4 Å². The summed E-state index contributed by atoms with van der Waals surface area (Å²) >= 11 is 0. The van der Waals surface area contributed by atoms with E-state index < -0.39 is 0 Å². The van der Waals surface area contributed by atoms with Crippen LogP contribution in [-0.2, 0) is 0 Å². The number of para-hydroxylation sites is 1. The van der Waals surface area contributed by atoms with Gasteiger partial charge in [-0.15, -0.1) is 0 Å². The first-order valence-electron chi connectivity index (χ1n) is 9.34. The zero-order valence-corrected chi connectivity index (χ0v) is 17.2. The molecule has 0 unspecified atom stereocenters. The van der Waals surface area contributed by atoms with Gasteiger partial charge in [0.2, 0.25) is 0 Å². The monoisotopic (exact) mass is 398 g/mol. The number of nitrogens with one attached hydrogen (secondary N) is 1. The van der Waals surface area contributed by atoms with Crippen LogP contribution >= 0.6 is 0 Å². The third kappa shape index (κ3) is 4.39. The Bertz CT molecular complexity index is 968. The van der Waals surface area contributed by atoms with Crippen molar-refractivity contribution in [3.05, 3.63) is 48.2 Å². The van der Waals surface area contributed by atoms with Gasteiger partial charge in [0.1, 0.15) is 17.2 Å². The summed E-state index contributed by atoms with van der Waals surface area (Å²) in [6.07, 6.45) is 0.720. The van der Waals surface area contributed by atoms with E-state index in [0.717, 1.165) is 17.6 Å². The number of H-pyrrole nitrogens is 1. The van der Waals surface area contributed by atoms with E-state index in [1.165, 1.54) is 0 Å². The number of aromatic nitrogens is 1.